The number of hydrogen-bond donors (Lipinski definition) is 1. The van der Waals surface area contributed by atoms with Gasteiger partial charge in [0.2, 0.25) is 5.91 Å². The quantitative estimate of drug-likeness (QED) is 0.780. The highest BCUT2D eigenvalue weighted by atomic mass is 19.4. The number of likely N-dealkylation sites (N-methyl/N-ethyl adjacent to an activating group) is 1. The van der Waals surface area contributed by atoms with Crippen LogP contribution < -0.4 is 5.32 Å². The number of morpholine rings is 1. The predicted molar refractivity (Wildman–Crippen MR) is 97.3 cm³/mol. The maximum absolute atomic E-state index is 12.8. The lowest BCUT2D eigenvalue weighted by atomic mass is 10.0. The molecule has 1 fully saturated rings. The highest BCUT2D eigenvalue weighted by molar-refractivity contribution is 5.78. The predicted octanol–water partition coefficient (Wildman–Crippen LogP) is 2.36. The molecule has 2 rings (SSSR count). The molecule has 152 valence electrons. The van der Waals surface area contributed by atoms with Crippen LogP contribution in [0.25, 0.3) is 0 Å². The van der Waals surface area contributed by atoms with E-state index < -0.39 is 11.7 Å². The Balaban J connectivity index is 1.81. The van der Waals surface area contributed by atoms with Crippen LogP contribution in [0.2, 0.25) is 0 Å². The second kappa shape index (κ2) is 9.03. The summed E-state index contributed by atoms with van der Waals surface area (Å²) in [5.41, 5.74) is -0.335. The van der Waals surface area contributed by atoms with Gasteiger partial charge in [-0.1, -0.05) is 18.2 Å². The number of nitrogens with one attached hydrogen (secondary N) is 1. The molecule has 1 aliphatic rings. The lowest BCUT2D eigenvalue weighted by Gasteiger charge is -2.40. The molecule has 0 spiro atoms. The van der Waals surface area contributed by atoms with Crippen molar-refractivity contribution >= 4 is 5.91 Å². The average molecular weight is 387 g/mol. The Morgan fingerprint density at radius 1 is 1.26 bits per heavy atom. The lowest BCUT2D eigenvalue weighted by molar-refractivity contribution is -0.137. The van der Waals surface area contributed by atoms with E-state index in [2.05, 4.69) is 24.1 Å². The Labute approximate surface area is 158 Å². The van der Waals surface area contributed by atoms with Crippen LogP contribution in [0, 0.1) is 0 Å². The van der Waals surface area contributed by atoms with E-state index in [1.807, 2.05) is 0 Å². The molecule has 1 aliphatic heterocycles. The first kappa shape index (κ1) is 21.7. The van der Waals surface area contributed by atoms with E-state index in [1.165, 1.54) is 6.07 Å². The normalized spacial score (nSPS) is 16.6. The SMILES string of the molecule is CN(CC(=O)NCC(C)(C)N1CCOCC1)Cc1cccc(C(F)(F)F)c1. The molecular weight excluding hydrogens is 359 g/mol. The minimum Gasteiger partial charge on any atom is -0.379 e. The number of halogens is 3. The van der Waals surface area contributed by atoms with Gasteiger partial charge in [-0.25, -0.2) is 0 Å². The highest BCUT2D eigenvalue weighted by Crippen LogP contribution is 2.29. The van der Waals surface area contributed by atoms with E-state index in [9.17, 15) is 18.0 Å². The number of ether oxygens (including phenoxy) is 1. The van der Waals surface area contributed by atoms with Crippen LogP contribution in [-0.2, 0) is 22.3 Å². The smallest absolute Gasteiger partial charge is 0.379 e. The summed E-state index contributed by atoms with van der Waals surface area (Å²) in [6.45, 7) is 8.09. The van der Waals surface area contributed by atoms with Gasteiger partial charge in [0.05, 0.1) is 25.3 Å². The molecule has 1 saturated heterocycles. The fourth-order valence-corrected chi connectivity index (χ4v) is 3.11. The first-order valence-electron chi connectivity index (χ1n) is 9.02. The molecule has 27 heavy (non-hydrogen) atoms. The van der Waals surface area contributed by atoms with Gasteiger partial charge in [-0.3, -0.25) is 14.6 Å². The summed E-state index contributed by atoms with van der Waals surface area (Å²) in [5, 5.41) is 2.93. The van der Waals surface area contributed by atoms with Crippen molar-refractivity contribution in [3.63, 3.8) is 0 Å². The third kappa shape index (κ3) is 6.79. The molecule has 5 nitrogen and oxygen atoms in total. The molecule has 0 saturated carbocycles. The minimum atomic E-state index is -4.36. The van der Waals surface area contributed by atoms with Gasteiger partial charge in [-0.05, 0) is 32.5 Å². The molecule has 0 unspecified atom stereocenters. The molecule has 1 aromatic carbocycles. The summed E-state index contributed by atoms with van der Waals surface area (Å²) >= 11 is 0. The van der Waals surface area contributed by atoms with Crippen molar-refractivity contribution in [1.29, 1.82) is 0 Å². The first-order valence-corrected chi connectivity index (χ1v) is 9.02. The number of amides is 1. The number of alkyl halides is 3. The fourth-order valence-electron chi connectivity index (χ4n) is 3.11. The molecule has 0 radical (unpaired) electrons. The topological polar surface area (TPSA) is 44.8 Å². The molecule has 1 heterocycles. The van der Waals surface area contributed by atoms with Crippen molar-refractivity contribution in [2.45, 2.75) is 32.1 Å². The summed E-state index contributed by atoms with van der Waals surface area (Å²) in [7, 11) is 1.72. The van der Waals surface area contributed by atoms with E-state index in [0.29, 0.717) is 25.3 Å². The standard InChI is InChI=1S/C19H28F3N3O2/c1-18(2,25-7-9-27-10-8-25)14-23-17(26)13-24(3)12-15-5-4-6-16(11-15)19(20,21)22/h4-6,11H,7-10,12-14H2,1-3H3,(H,23,26). The Hall–Kier alpha value is -1.64. The monoisotopic (exact) mass is 387 g/mol. The zero-order valence-electron chi connectivity index (χ0n) is 16.1. The number of carbonyl (C=O) groups is 1. The second-order valence-electron chi connectivity index (χ2n) is 7.56. The third-order valence-corrected chi connectivity index (χ3v) is 4.71. The molecule has 8 heteroatoms. The third-order valence-electron chi connectivity index (χ3n) is 4.71. The molecule has 0 atom stereocenters. The summed E-state index contributed by atoms with van der Waals surface area (Å²) < 4.78 is 43.7. The highest BCUT2D eigenvalue weighted by Gasteiger charge is 2.30. The second-order valence-corrected chi connectivity index (χ2v) is 7.56. The van der Waals surface area contributed by atoms with Crippen molar-refractivity contribution < 1.29 is 22.7 Å². The van der Waals surface area contributed by atoms with E-state index >= 15 is 0 Å². The zero-order chi connectivity index (χ0) is 20.1. The van der Waals surface area contributed by atoms with Gasteiger partial charge in [0.1, 0.15) is 0 Å². The van der Waals surface area contributed by atoms with Crippen LogP contribution in [0.5, 0.6) is 0 Å². The minimum absolute atomic E-state index is 0.120. The summed E-state index contributed by atoms with van der Waals surface area (Å²) in [4.78, 5) is 16.2. The van der Waals surface area contributed by atoms with E-state index in [4.69, 9.17) is 4.74 Å². The number of hydrogen-bond acceptors (Lipinski definition) is 4. The van der Waals surface area contributed by atoms with Crippen LogP contribution in [0.1, 0.15) is 25.0 Å². The van der Waals surface area contributed by atoms with Crippen LogP contribution in [0.4, 0.5) is 13.2 Å². The molecule has 0 aliphatic carbocycles. The van der Waals surface area contributed by atoms with Crippen LogP contribution in [0.15, 0.2) is 24.3 Å². The van der Waals surface area contributed by atoms with Gasteiger partial charge in [-0.2, -0.15) is 13.2 Å². The van der Waals surface area contributed by atoms with Gasteiger partial charge in [0.15, 0.2) is 0 Å². The Bertz CT molecular complexity index is 629. The van der Waals surface area contributed by atoms with Gasteiger partial charge >= 0.3 is 6.18 Å². The van der Waals surface area contributed by atoms with Crippen molar-refractivity contribution in [1.82, 2.24) is 15.1 Å². The van der Waals surface area contributed by atoms with Gasteiger partial charge in [-0.15, -0.1) is 0 Å². The maximum atomic E-state index is 12.8. The Morgan fingerprint density at radius 2 is 1.93 bits per heavy atom. The number of rotatable bonds is 7. The molecular formula is C19H28F3N3O2. The largest absolute Gasteiger partial charge is 0.416 e. The summed E-state index contributed by atoms with van der Waals surface area (Å²) in [6.07, 6.45) is -4.36. The van der Waals surface area contributed by atoms with Crippen molar-refractivity contribution in [2.24, 2.45) is 0 Å². The summed E-state index contributed by atoms with van der Waals surface area (Å²) in [5.74, 6) is -0.147. The van der Waals surface area contributed by atoms with Crippen LogP contribution in [-0.4, -0.2) is 67.7 Å². The lowest BCUT2D eigenvalue weighted by Crippen LogP contribution is -2.56. The Morgan fingerprint density at radius 3 is 2.56 bits per heavy atom. The maximum Gasteiger partial charge on any atom is 0.416 e. The number of carbonyl (C=O) groups excluding carboxylic acids is 1. The van der Waals surface area contributed by atoms with E-state index in [1.54, 1.807) is 18.0 Å². The van der Waals surface area contributed by atoms with Gasteiger partial charge < -0.3 is 10.1 Å². The number of nitrogens with zero attached hydrogens (tertiary/aromatic N) is 2. The van der Waals surface area contributed by atoms with Crippen LogP contribution in [0.3, 0.4) is 0 Å². The Kier molecular flexibility index (Phi) is 7.25. The summed E-state index contributed by atoms with van der Waals surface area (Å²) in [6, 6.07) is 5.18. The van der Waals surface area contributed by atoms with Crippen molar-refractivity contribution in [2.75, 3.05) is 46.4 Å². The molecule has 0 bridgehead atoms. The van der Waals surface area contributed by atoms with Crippen molar-refractivity contribution in [3.8, 4) is 0 Å². The average Bonchev–Trinajstić information content (AvgIpc) is 2.60. The first-order chi connectivity index (χ1) is 12.6. The molecule has 1 aromatic rings. The number of benzene rings is 1. The molecule has 1 N–H and O–H groups in total. The fraction of sp³-hybridized carbons (Fsp3) is 0.632. The van der Waals surface area contributed by atoms with Crippen LogP contribution >= 0.6 is 0 Å². The van der Waals surface area contributed by atoms with Crippen molar-refractivity contribution in [3.05, 3.63) is 35.4 Å². The molecule has 0 aromatic heterocycles. The van der Waals surface area contributed by atoms with E-state index in [-0.39, 0.29) is 24.5 Å². The van der Waals surface area contributed by atoms with E-state index in [0.717, 1.165) is 25.2 Å². The van der Waals surface area contributed by atoms with Gasteiger partial charge in [0, 0.05) is 31.7 Å². The molecule has 1 amide bonds. The van der Waals surface area contributed by atoms with Gasteiger partial charge in [0.25, 0.3) is 0 Å². The zero-order valence-corrected chi connectivity index (χ0v) is 16.1.